The van der Waals surface area contributed by atoms with Crippen LogP contribution in [-0.4, -0.2) is 48.0 Å². The number of carbonyl (C=O) groups is 3. The number of methoxy groups -OCH3 is 1. The summed E-state index contributed by atoms with van der Waals surface area (Å²) in [7, 11) is 1.57. The Bertz CT molecular complexity index is 901. The topological polar surface area (TPSA) is 84.9 Å². The molecular formula is C22H24N2O5. The fourth-order valence-electron chi connectivity index (χ4n) is 3.13. The summed E-state index contributed by atoms with van der Waals surface area (Å²) in [6, 6.07) is 13.7. The van der Waals surface area contributed by atoms with Crippen molar-refractivity contribution < 1.29 is 23.9 Å². The number of hydrogen-bond donors (Lipinski definition) is 1. The molecule has 1 heterocycles. The maximum Gasteiger partial charge on any atom is 0.262 e. The lowest BCUT2D eigenvalue weighted by Crippen LogP contribution is -2.51. The molecule has 0 saturated carbocycles. The average molecular weight is 396 g/mol. The Morgan fingerprint density at radius 3 is 2.10 bits per heavy atom. The molecule has 1 atom stereocenters. The van der Waals surface area contributed by atoms with Crippen LogP contribution in [0, 0.1) is 0 Å². The van der Waals surface area contributed by atoms with Crippen molar-refractivity contribution in [3.63, 3.8) is 0 Å². The maximum absolute atomic E-state index is 12.7. The summed E-state index contributed by atoms with van der Waals surface area (Å²) < 4.78 is 10.8. The second kappa shape index (κ2) is 8.05. The van der Waals surface area contributed by atoms with Gasteiger partial charge in [0.15, 0.2) is 0 Å². The first-order valence-corrected chi connectivity index (χ1v) is 9.29. The second-order valence-electron chi connectivity index (χ2n) is 7.47. The van der Waals surface area contributed by atoms with Gasteiger partial charge in [-0.05, 0) is 57.2 Å². The summed E-state index contributed by atoms with van der Waals surface area (Å²) in [5, 5.41) is 2.76. The lowest BCUT2D eigenvalue weighted by Gasteiger charge is -2.34. The first kappa shape index (κ1) is 20.5. The Morgan fingerprint density at radius 1 is 1.03 bits per heavy atom. The van der Waals surface area contributed by atoms with Crippen molar-refractivity contribution >= 4 is 23.4 Å². The zero-order valence-corrected chi connectivity index (χ0v) is 16.9. The quantitative estimate of drug-likeness (QED) is 0.727. The molecule has 29 heavy (non-hydrogen) atoms. The molecule has 7 nitrogen and oxygen atoms in total. The van der Waals surface area contributed by atoms with Crippen molar-refractivity contribution in [1.29, 1.82) is 0 Å². The molecule has 0 radical (unpaired) electrons. The minimum absolute atomic E-state index is 0.0235. The highest BCUT2D eigenvalue weighted by Crippen LogP contribution is 2.29. The van der Waals surface area contributed by atoms with Gasteiger partial charge in [0.25, 0.3) is 17.7 Å². The van der Waals surface area contributed by atoms with E-state index in [1.54, 1.807) is 76.4 Å². The minimum atomic E-state index is -0.915. The van der Waals surface area contributed by atoms with Crippen LogP contribution in [0.2, 0.25) is 0 Å². The first-order valence-electron chi connectivity index (χ1n) is 9.29. The van der Waals surface area contributed by atoms with Crippen molar-refractivity contribution in [1.82, 2.24) is 4.90 Å². The Morgan fingerprint density at radius 2 is 1.59 bits per heavy atom. The Hall–Kier alpha value is -3.19. The summed E-state index contributed by atoms with van der Waals surface area (Å²) in [6.45, 7) is 5.12. The fourth-order valence-corrected chi connectivity index (χ4v) is 3.13. The molecule has 0 bridgehead atoms. The van der Waals surface area contributed by atoms with Gasteiger partial charge in [-0.2, -0.15) is 0 Å². The molecular weight excluding hydrogens is 372 g/mol. The van der Waals surface area contributed by atoms with E-state index in [1.807, 2.05) is 0 Å². The molecule has 1 aliphatic heterocycles. The molecule has 0 spiro atoms. The van der Waals surface area contributed by atoms with Crippen LogP contribution in [0.1, 0.15) is 41.5 Å². The van der Waals surface area contributed by atoms with Gasteiger partial charge in [0.1, 0.15) is 11.9 Å². The SMILES string of the molecule is COc1ccc(NC(=O)C(C)OCC(C)(C)N2C(=O)c3ccccc3C2=O)cc1. The Kier molecular flexibility index (Phi) is 5.70. The summed E-state index contributed by atoms with van der Waals surface area (Å²) in [6.07, 6.45) is -0.772. The maximum atomic E-state index is 12.7. The van der Waals surface area contributed by atoms with Crippen molar-refractivity contribution in [3.05, 3.63) is 59.7 Å². The molecule has 3 rings (SSSR count). The highest BCUT2D eigenvalue weighted by atomic mass is 16.5. The predicted molar refractivity (Wildman–Crippen MR) is 108 cm³/mol. The number of rotatable bonds is 7. The highest BCUT2D eigenvalue weighted by Gasteiger charge is 2.44. The molecule has 1 aliphatic rings. The standard InChI is InChI=1S/C22H24N2O5/c1-14(19(25)23-15-9-11-16(28-4)12-10-15)29-13-22(2,3)24-20(26)17-7-5-6-8-18(17)21(24)27/h5-12,14H,13H2,1-4H3,(H,23,25). The number of carbonyl (C=O) groups excluding carboxylic acids is 3. The van der Waals surface area contributed by atoms with Crippen LogP contribution in [0.3, 0.4) is 0 Å². The van der Waals surface area contributed by atoms with Crippen LogP contribution in [0.5, 0.6) is 5.75 Å². The van der Waals surface area contributed by atoms with E-state index in [0.717, 1.165) is 0 Å². The summed E-state index contributed by atoms with van der Waals surface area (Å²) in [5.41, 5.74) is 0.472. The van der Waals surface area contributed by atoms with E-state index >= 15 is 0 Å². The second-order valence-corrected chi connectivity index (χ2v) is 7.47. The monoisotopic (exact) mass is 396 g/mol. The number of nitrogens with one attached hydrogen (secondary N) is 1. The largest absolute Gasteiger partial charge is 0.497 e. The molecule has 3 amide bonds. The van der Waals surface area contributed by atoms with Crippen LogP contribution in [0.15, 0.2) is 48.5 Å². The van der Waals surface area contributed by atoms with Gasteiger partial charge in [-0.25, -0.2) is 0 Å². The number of anilines is 1. The van der Waals surface area contributed by atoms with Crippen LogP contribution < -0.4 is 10.1 Å². The van der Waals surface area contributed by atoms with Crippen molar-refractivity contribution in [2.75, 3.05) is 19.0 Å². The van der Waals surface area contributed by atoms with E-state index in [-0.39, 0.29) is 24.3 Å². The first-order chi connectivity index (χ1) is 13.7. The molecule has 2 aromatic rings. The van der Waals surface area contributed by atoms with Crippen molar-refractivity contribution in [3.8, 4) is 5.75 Å². The molecule has 0 aromatic heterocycles. The van der Waals surface area contributed by atoms with Crippen molar-refractivity contribution in [2.24, 2.45) is 0 Å². The number of fused-ring (bicyclic) bond motifs is 1. The smallest absolute Gasteiger partial charge is 0.262 e. The number of ether oxygens (including phenoxy) is 2. The van der Waals surface area contributed by atoms with Crippen molar-refractivity contribution in [2.45, 2.75) is 32.4 Å². The number of benzene rings is 2. The highest BCUT2D eigenvalue weighted by molar-refractivity contribution is 6.21. The predicted octanol–water partition coefficient (Wildman–Crippen LogP) is 3.11. The zero-order valence-electron chi connectivity index (χ0n) is 16.9. The summed E-state index contributed by atoms with van der Waals surface area (Å²) in [4.78, 5) is 39.0. The van der Waals surface area contributed by atoms with Crippen LogP contribution in [0.25, 0.3) is 0 Å². The third-order valence-corrected chi connectivity index (χ3v) is 4.81. The normalized spacial score (nSPS) is 14.6. The number of nitrogens with zero attached hydrogens (tertiary/aromatic N) is 1. The molecule has 7 heteroatoms. The molecule has 1 N–H and O–H groups in total. The van der Waals surface area contributed by atoms with Gasteiger partial charge in [0, 0.05) is 5.69 Å². The molecule has 1 unspecified atom stereocenters. The molecule has 0 aliphatic carbocycles. The average Bonchev–Trinajstić information content (AvgIpc) is 2.98. The van der Waals surface area contributed by atoms with E-state index in [9.17, 15) is 14.4 Å². The van der Waals surface area contributed by atoms with Gasteiger partial charge in [-0.1, -0.05) is 12.1 Å². The summed E-state index contributed by atoms with van der Waals surface area (Å²) in [5.74, 6) is -0.340. The number of amides is 3. The molecule has 0 saturated heterocycles. The minimum Gasteiger partial charge on any atom is -0.497 e. The van der Waals surface area contributed by atoms with E-state index in [0.29, 0.717) is 22.6 Å². The number of hydrogen-bond acceptors (Lipinski definition) is 5. The van der Waals surface area contributed by atoms with Gasteiger partial charge < -0.3 is 14.8 Å². The van der Waals surface area contributed by atoms with E-state index in [1.165, 1.54) is 4.90 Å². The molecule has 0 fully saturated rings. The van der Waals surface area contributed by atoms with Crippen LogP contribution >= 0.6 is 0 Å². The summed E-state index contributed by atoms with van der Waals surface area (Å²) >= 11 is 0. The van der Waals surface area contributed by atoms with Gasteiger partial charge in [-0.3, -0.25) is 19.3 Å². The fraction of sp³-hybridized carbons (Fsp3) is 0.318. The number of imide groups is 1. The van der Waals surface area contributed by atoms with Gasteiger partial charge in [0.05, 0.1) is 30.4 Å². The van der Waals surface area contributed by atoms with Crippen LogP contribution in [0.4, 0.5) is 5.69 Å². The lowest BCUT2D eigenvalue weighted by atomic mass is 10.0. The zero-order chi connectivity index (χ0) is 21.2. The Balaban J connectivity index is 1.61. The van der Waals surface area contributed by atoms with E-state index in [4.69, 9.17) is 9.47 Å². The third-order valence-electron chi connectivity index (χ3n) is 4.81. The van der Waals surface area contributed by atoms with Gasteiger partial charge in [-0.15, -0.1) is 0 Å². The molecule has 2 aromatic carbocycles. The molecule has 152 valence electrons. The van der Waals surface area contributed by atoms with Gasteiger partial charge in [0.2, 0.25) is 0 Å². The lowest BCUT2D eigenvalue weighted by molar-refractivity contribution is -0.128. The van der Waals surface area contributed by atoms with Crippen LogP contribution in [-0.2, 0) is 9.53 Å². The van der Waals surface area contributed by atoms with E-state index in [2.05, 4.69) is 5.32 Å². The van der Waals surface area contributed by atoms with Gasteiger partial charge >= 0.3 is 0 Å². The third kappa shape index (κ3) is 4.14. The van der Waals surface area contributed by atoms with E-state index < -0.39 is 11.6 Å². The Labute approximate surface area is 169 Å².